The minimum atomic E-state index is -0.757. The first-order chi connectivity index (χ1) is 14.2. The molecule has 0 amide bonds. The Bertz CT molecular complexity index is 898. The normalized spacial score (nSPS) is 11.7. The number of nitrogens with zero attached hydrogens (tertiary/aromatic N) is 2. The van der Waals surface area contributed by atoms with Gasteiger partial charge in [-0.15, -0.1) is 0 Å². The van der Waals surface area contributed by atoms with Crippen LogP contribution in [0.4, 0.5) is 0 Å². The number of aliphatic imine (C=N–C) groups is 1. The third kappa shape index (κ3) is 6.12. The molecule has 0 unspecified atom stereocenters. The number of unbranched alkanes of at least 4 members (excludes halogenated alkanes) is 1. The Morgan fingerprint density at radius 2 is 1.72 bits per heavy atom. The first kappa shape index (κ1) is 21.0. The summed E-state index contributed by atoms with van der Waals surface area (Å²) in [6, 6.07) is 18.9. The van der Waals surface area contributed by atoms with Gasteiger partial charge in [-0.1, -0.05) is 74.0 Å². The molecule has 3 rings (SSSR count). The van der Waals surface area contributed by atoms with Crippen LogP contribution in [0.1, 0.15) is 36.8 Å². The molecule has 3 aromatic rings. The van der Waals surface area contributed by atoms with E-state index in [0.29, 0.717) is 17.2 Å². The summed E-state index contributed by atoms with van der Waals surface area (Å²) in [6.45, 7) is 2.43. The molecule has 0 aliphatic heterocycles. The highest BCUT2D eigenvalue weighted by molar-refractivity contribution is 9.10. The van der Waals surface area contributed by atoms with Gasteiger partial charge in [-0.2, -0.15) is 0 Å². The van der Waals surface area contributed by atoms with Crippen molar-refractivity contribution in [2.75, 3.05) is 6.61 Å². The zero-order valence-corrected chi connectivity index (χ0v) is 17.8. The van der Waals surface area contributed by atoms with Crippen molar-refractivity contribution in [3.63, 3.8) is 0 Å². The quantitative estimate of drug-likeness (QED) is 0.252. The number of benzene rings is 2. The molecule has 0 spiro atoms. The Hall–Kier alpha value is -2.73. The summed E-state index contributed by atoms with van der Waals surface area (Å²) in [6.07, 6.45) is 3.55. The van der Waals surface area contributed by atoms with Gasteiger partial charge in [0.2, 0.25) is 0 Å². The van der Waals surface area contributed by atoms with Crippen LogP contribution < -0.4 is 0 Å². The van der Waals surface area contributed by atoms with Crippen LogP contribution in [-0.4, -0.2) is 29.3 Å². The van der Waals surface area contributed by atoms with Gasteiger partial charge in [0, 0.05) is 11.1 Å². The monoisotopic (exact) mass is 454 g/mol. The van der Waals surface area contributed by atoms with E-state index >= 15 is 0 Å². The van der Waals surface area contributed by atoms with Crippen molar-refractivity contribution in [2.45, 2.75) is 32.2 Å². The van der Waals surface area contributed by atoms with Crippen molar-refractivity contribution in [2.24, 2.45) is 4.99 Å². The van der Waals surface area contributed by atoms with E-state index in [9.17, 15) is 4.79 Å². The zero-order chi connectivity index (χ0) is 20.5. The minimum Gasteiger partial charge on any atom is -0.464 e. The number of hydrogen-bond acceptors (Lipinski definition) is 5. The highest BCUT2D eigenvalue weighted by Gasteiger charge is 2.24. The second-order valence-electron chi connectivity index (χ2n) is 6.51. The number of halogens is 1. The van der Waals surface area contributed by atoms with E-state index in [1.807, 2.05) is 60.7 Å². The van der Waals surface area contributed by atoms with Crippen LogP contribution in [0.2, 0.25) is 0 Å². The molecule has 0 fully saturated rings. The lowest BCUT2D eigenvalue weighted by molar-refractivity contribution is -0.145. The second kappa shape index (κ2) is 10.7. The number of carbonyl (C=O) groups is 1. The summed E-state index contributed by atoms with van der Waals surface area (Å²) in [4.78, 5) is 21.8. The molecule has 150 valence electrons. The van der Waals surface area contributed by atoms with E-state index in [0.717, 1.165) is 29.7 Å². The first-order valence-corrected chi connectivity index (χ1v) is 10.4. The molecule has 5 nitrogen and oxygen atoms in total. The number of carbonyl (C=O) groups excluding carboxylic acids is 1. The third-order valence-electron chi connectivity index (χ3n) is 4.29. The lowest BCUT2D eigenvalue weighted by Crippen LogP contribution is -2.26. The highest BCUT2D eigenvalue weighted by atomic mass is 79.9. The predicted molar refractivity (Wildman–Crippen MR) is 116 cm³/mol. The van der Waals surface area contributed by atoms with Crippen molar-refractivity contribution in [1.82, 2.24) is 4.98 Å². The molecule has 0 aliphatic rings. The molecule has 1 atom stereocenters. The molecule has 0 radical (unpaired) electrons. The number of rotatable bonds is 9. The van der Waals surface area contributed by atoms with E-state index in [2.05, 4.69) is 27.8 Å². The highest BCUT2D eigenvalue weighted by Crippen LogP contribution is 2.17. The smallest absolute Gasteiger partial charge is 0.331 e. The average Bonchev–Trinajstić information content (AvgIpc) is 3.17. The molecular formula is C23H23BrN2O3. The maximum atomic E-state index is 12.8. The number of aromatic nitrogens is 1. The fraction of sp³-hybridized carbons (Fsp3) is 0.261. The second-order valence-corrected chi connectivity index (χ2v) is 7.29. The number of oxazole rings is 1. The Balaban J connectivity index is 1.97. The minimum absolute atomic E-state index is 0.222. The Kier molecular flexibility index (Phi) is 7.76. The van der Waals surface area contributed by atoms with Crippen LogP contribution in [0.25, 0.3) is 0 Å². The summed E-state index contributed by atoms with van der Waals surface area (Å²) in [7, 11) is 0. The van der Waals surface area contributed by atoms with Crippen LogP contribution in [0.5, 0.6) is 0 Å². The Morgan fingerprint density at radius 3 is 2.24 bits per heavy atom. The van der Waals surface area contributed by atoms with Crippen molar-refractivity contribution in [3.8, 4) is 0 Å². The summed E-state index contributed by atoms with van der Waals surface area (Å²) in [5.41, 5.74) is 2.59. The number of ether oxygens (including phenoxy) is 1. The molecule has 29 heavy (non-hydrogen) atoms. The molecule has 0 N–H and O–H groups in total. The molecule has 1 heterocycles. The van der Waals surface area contributed by atoms with Gasteiger partial charge in [-0.3, -0.25) is 4.99 Å². The third-order valence-corrected chi connectivity index (χ3v) is 4.65. The molecule has 0 saturated carbocycles. The molecule has 1 aromatic heterocycles. The predicted octanol–water partition coefficient (Wildman–Crippen LogP) is 5.23. The molecule has 0 aliphatic carbocycles. The summed E-state index contributed by atoms with van der Waals surface area (Å²) in [5.74, 6) is 0.0516. The van der Waals surface area contributed by atoms with Gasteiger partial charge in [-0.05, 0) is 22.4 Å². The van der Waals surface area contributed by atoms with E-state index in [4.69, 9.17) is 14.1 Å². The first-order valence-electron chi connectivity index (χ1n) is 9.63. The van der Waals surface area contributed by atoms with Gasteiger partial charge in [0.15, 0.2) is 16.6 Å². The van der Waals surface area contributed by atoms with E-state index < -0.39 is 6.04 Å². The Morgan fingerprint density at radius 1 is 1.10 bits per heavy atom. The van der Waals surface area contributed by atoms with E-state index in [-0.39, 0.29) is 12.4 Å². The van der Waals surface area contributed by atoms with Crippen molar-refractivity contribution >= 4 is 27.6 Å². The van der Waals surface area contributed by atoms with Gasteiger partial charge in [0.05, 0.1) is 24.9 Å². The summed E-state index contributed by atoms with van der Waals surface area (Å²) < 4.78 is 11.5. The van der Waals surface area contributed by atoms with Gasteiger partial charge < -0.3 is 9.15 Å². The lowest BCUT2D eigenvalue weighted by Gasteiger charge is -2.14. The van der Waals surface area contributed by atoms with Crippen LogP contribution in [0, 0.1) is 0 Å². The Labute approximate surface area is 179 Å². The zero-order valence-electron chi connectivity index (χ0n) is 16.3. The molecule has 2 aromatic carbocycles. The van der Waals surface area contributed by atoms with Gasteiger partial charge in [0.1, 0.15) is 0 Å². The van der Waals surface area contributed by atoms with Crippen LogP contribution in [0.15, 0.2) is 80.9 Å². The van der Waals surface area contributed by atoms with Crippen LogP contribution in [-0.2, 0) is 16.0 Å². The fourth-order valence-electron chi connectivity index (χ4n) is 2.81. The van der Waals surface area contributed by atoms with Crippen LogP contribution >= 0.6 is 15.9 Å². The van der Waals surface area contributed by atoms with Gasteiger partial charge in [-0.25, -0.2) is 9.78 Å². The SMILES string of the molecule is CCCCOC(=O)[C@H](Cc1ncc(Br)o1)N=C(c1ccccc1)c1ccccc1. The topological polar surface area (TPSA) is 64.7 Å². The van der Waals surface area contributed by atoms with Crippen molar-refractivity contribution in [3.05, 3.63) is 88.5 Å². The molecular weight excluding hydrogens is 432 g/mol. The van der Waals surface area contributed by atoms with Gasteiger partial charge in [0.25, 0.3) is 0 Å². The van der Waals surface area contributed by atoms with E-state index in [1.165, 1.54) is 0 Å². The average molecular weight is 455 g/mol. The molecule has 0 saturated heterocycles. The molecule has 0 bridgehead atoms. The summed E-state index contributed by atoms with van der Waals surface area (Å²) >= 11 is 3.25. The van der Waals surface area contributed by atoms with E-state index in [1.54, 1.807) is 6.20 Å². The number of esters is 1. The fourth-order valence-corrected chi connectivity index (χ4v) is 3.10. The molecule has 6 heteroatoms. The summed E-state index contributed by atoms with van der Waals surface area (Å²) in [5, 5.41) is 0. The standard InChI is InChI=1S/C23H23BrN2O3/c1-2-3-14-28-23(27)19(15-21-25-16-20(24)29-21)26-22(17-10-6-4-7-11-17)18-12-8-5-9-13-18/h4-13,16,19H,2-3,14-15H2,1H3/t19-/m0/s1. The number of hydrogen-bond donors (Lipinski definition) is 0. The maximum Gasteiger partial charge on any atom is 0.331 e. The van der Waals surface area contributed by atoms with Crippen LogP contribution in [0.3, 0.4) is 0 Å². The largest absolute Gasteiger partial charge is 0.464 e. The maximum absolute atomic E-state index is 12.8. The van der Waals surface area contributed by atoms with Gasteiger partial charge >= 0.3 is 5.97 Å². The lowest BCUT2D eigenvalue weighted by atomic mass is 10.0. The van der Waals surface area contributed by atoms with Crippen molar-refractivity contribution < 1.29 is 13.9 Å². The van der Waals surface area contributed by atoms with Crippen molar-refractivity contribution in [1.29, 1.82) is 0 Å².